The van der Waals surface area contributed by atoms with Crippen LogP contribution < -0.4 is 15.5 Å². The number of carbonyl (C=O) groups excluding carboxylic acids is 1. The number of piperidine rings is 1. The van der Waals surface area contributed by atoms with Crippen LogP contribution in [0.5, 0.6) is 5.75 Å². The maximum Gasteiger partial charge on any atom is 0.336 e. The van der Waals surface area contributed by atoms with Crippen LogP contribution in [0.2, 0.25) is 5.02 Å². The Morgan fingerprint density at radius 3 is 2.71 bits per heavy atom. The summed E-state index contributed by atoms with van der Waals surface area (Å²) in [5.41, 5.74) is 0.501. The molecule has 11 heteroatoms. The summed E-state index contributed by atoms with van der Waals surface area (Å²) in [5.74, 6) is -0.597. The first kappa shape index (κ1) is 24.2. The Kier molecular flexibility index (Phi) is 6.66. The van der Waals surface area contributed by atoms with E-state index in [0.717, 1.165) is 6.07 Å². The van der Waals surface area contributed by atoms with Gasteiger partial charge in [-0.05, 0) is 50.1 Å². The van der Waals surface area contributed by atoms with Crippen LogP contribution in [0.4, 0.5) is 4.39 Å². The summed E-state index contributed by atoms with van der Waals surface area (Å²) < 4.78 is 47.9. The fraction of sp³-hybridized carbons (Fsp3) is 0.304. The Balaban J connectivity index is 1.58. The van der Waals surface area contributed by atoms with Gasteiger partial charge in [-0.1, -0.05) is 11.6 Å². The molecule has 2 N–H and O–H groups in total. The van der Waals surface area contributed by atoms with Gasteiger partial charge < -0.3 is 14.1 Å². The zero-order valence-corrected chi connectivity index (χ0v) is 19.7. The molecule has 180 valence electrons. The smallest absolute Gasteiger partial charge is 0.336 e. The lowest BCUT2D eigenvalue weighted by atomic mass is 10.0. The van der Waals surface area contributed by atoms with Gasteiger partial charge in [0.05, 0.1) is 10.3 Å². The Bertz CT molecular complexity index is 1420. The van der Waals surface area contributed by atoms with Crippen LogP contribution in [0.25, 0.3) is 22.1 Å². The zero-order chi connectivity index (χ0) is 24.6. The molecular formula is C23H22ClFN2O6S. The Morgan fingerprint density at radius 2 is 2.00 bits per heavy atom. The monoisotopic (exact) mass is 508 g/mol. The maximum atomic E-state index is 13.5. The number of primary sulfonamides is 1. The van der Waals surface area contributed by atoms with Crippen LogP contribution in [0.3, 0.4) is 0 Å². The van der Waals surface area contributed by atoms with Crippen molar-refractivity contribution in [3.63, 3.8) is 0 Å². The predicted octanol–water partition coefficient (Wildman–Crippen LogP) is 3.30. The highest BCUT2D eigenvalue weighted by atomic mass is 35.5. The average molecular weight is 509 g/mol. The molecule has 1 aromatic heterocycles. The highest BCUT2D eigenvalue weighted by molar-refractivity contribution is 7.89. The van der Waals surface area contributed by atoms with Crippen LogP contribution in [0, 0.1) is 5.82 Å². The molecule has 0 radical (unpaired) electrons. The molecule has 1 amide bonds. The minimum atomic E-state index is -3.74. The minimum Gasteiger partial charge on any atom is -0.481 e. The number of fused-ring (bicyclic) bond motifs is 1. The average Bonchev–Trinajstić information content (AvgIpc) is 2.77. The standard InChI is InChI=1S/C23H22ClFN2O6S/c1-13(23(29)27-8-2-3-16(12-27)34(26,30)31)32-15-5-7-18-19(11-22(28)33-21(18)10-15)17-6-4-14(25)9-20(17)24/h4-7,9-11,13,16H,2-3,8,12H2,1H3,(H2,26,30,31). The van der Waals surface area contributed by atoms with Gasteiger partial charge in [0.2, 0.25) is 10.0 Å². The second kappa shape index (κ2) is 9.36. The Hall–Kier alpha value is -2.95. The first-order valence-electron chi connectivity index (χ1n) is 10.5. The lowest BCUT2D eigenvalue weighted by Gasteiger charge is -2.33. The molecule has 1 aliphatic heterocycles. The number of carbonyl (C=O) groups is 1. The van der Waals surface area contributed by atoms with Crippen molar-refractivity contribution in [2.45, 2.75) is 31.1 Å². The molecule has 2 unspecified atom stereocenters. The summed E-state index contributed by atoms with van der Waals surface area (Å²) in [5, 5.41) is 5.14. The van der Waals surface area contributed by atoms with Gasteiger partial charge in [0.1, 0.15) is 17.1 Å². The number of hydrogen-bond acceptors (Lipinski definition) is 6. The molecule has 4 rings (SSSR count). The van der Waals surface area contributed by atoms with Gasteiger partial charge in [0.15, 0.2) is 6.10 Å². The number of sulfonamides is 1. The molecule has 0 bridgehead atoms. The molecule has 1 aliphatic rings. The molecule has 2 atom stereocenters. The number of ether oxygens (including phenoxy) is 1. The summed E-state index contributed by atoms with van der Waals surface area (Å²) in [6.45, 7) is 1.98. The topological polar surface area (TPSA) is 120 Å². The third-order valence-corrected chi connectivity index (χ3v) is 7.38. The quantitative estimate of drug-likeness (QED) is 0.528. The van der Waals surface area contributed by atoms with Crippen molar-refractivity contribution in [3.05, 3.63) is 63.7 Å². The number of likely N-dealkylation sites (tertiary alicyclic amines) is 1. The van der Waals surface area contributed by atoms with Crippen LogP contribution >= 0.6 is 11.6 Å². The summed E-state index contributed by atoms with van der Waals surface area (Å²) in [4.78, 5) is 26.4. The number of halogens is 2. The molecule has 2 heterocycles. The highest BCUT2D eigenvalue weighted by Crippen LogP contribution is 2.34. The van der Waals surface area contributed by atoms with E-state index in [1.54, 1.807) is 19.1 Å². The van der Waals surface area contributed by atoms with Gasteiger partial charge >= 0.3 is 5.63 Å². The molecule has 0 aliphatic carbocycles. The van der Waals surface area contributed by atoms with E-state index in [-0.39, 0.29) is 28.8 Å². The summed E-state index contributed by atoms with van der Waals surface area (Å²) in [7, 11) is -3.74. The number of amides is 1. The van der Waals surface area contributed by atoms with E-state index in [1.807, 2.05) is 0 Å². The van der Waals surface area contributed by atoms with Gasteiger partial charge in [-0.2, -0.15) is 0 Å². The summed E-state index contributed by atoms with van der Waals surface area (Å²) in [6, 6.07) is 9.88. The SMILES string of the molecule is CC(Oc1ccc2c(-c3ccc(F)cc3Cl)cc(=O)oc2c1)C(=O)N1CCCC(S(N)(=O)=O)C1. The molecule has 1 fully saturated rings. The van der Waals surface area contributed by atoms with Gasteiger partial charge in [0, 0.05) is 41.7 Å². The van der Waals surface area contributed by atoms with Crippen molar-refractivity contribution in [2.24, 2.45) is 5.14 Å². The first-order valence-corrected chi connectivity index (χ1v) is 12.5. The molecular weight excluding hydrogens is 487 g/mol. The third kappa shape index (κ3) is 5.08. The minimum absolute atomic E-state index is 0.0136. The fourth-order valence-electron chi connectivity index (χ4n) is 4.07. The molecule has 0 saturated carbocycles. The number of rotatable bonds is 5. The summed E-state index contributed by atoms with van der Waals surface area (Å²) >= 11 is 6.18. The maximum absolute atomic E-state index is 13.5. The van der Waals surface area contributed by atoms with Gasteiger partial charge in [-0.15, -0.1) is 0 Å². The van der Waals surface area contributed by atoms with Crippen molar-refractivity contribution < 1.29 is 26.8 Å². The van der Waals surface area contributed by atoms with Gasteiger partial charge in [0.25, 0.3) is 5.91 Å². The van der Waals surface area contributed by atoms with E-state index in [1.165, 1.54) is 29.2 Å². The van der Waals surface area contributed by atoms with Crippen molar-refractivity contribution in [3.8, 4) is 16.9 Å². The van der Waals surface area contributed by atoms with Gasteiger partial charge in [-0.3, -0.25) is 4.79 Å². The van der Waals surface area contributed by atoms with Crippen molar-refractivity contribution in [2.75, 3.05) is 13.1 Å². The van der Waals surface area contributed by atoms with E-state index in [0.29, 0.717) is 35.9 Å². The van der Waals surface area contributed by atoms with Crippen molar-refractivity contribution >= 4 is 38.5 Å². The number of nitrogens with zero attached hydrogens (tertiary/aromatic N) is 1. The van der Waals surface area contributed by atoms with Crippen molar-refractivity contribution in [1.29, 1.82) is 0 Å². The largest absolute Gasteiger partial charge is 0.481 e. The van der Waals surface area contributed by atoms with Crippen LogP contribution in [-0.2, 0) is 14.8 Å². The van der Waals surface area contributed by atoms with Crippen LogP contribution in [0.15, 0.2) is 51.7 Å². The van der Waals surface area contributed by atoms with E-state index in [9.17, 15) is 22.4 Å². The highest BCUT2D eigenvalue weighted by Gasteiger charge is 2.32. The van der Waals surface area contributed by atoms with Gasteiger partial charge in [-0.25, -0.2) is 22.7 Å². The fourth-order valence-corrected chi connectivity index (χ4v) is 5.22. The Labute approximate surface area is 200 Å². The van der Waals surface area contributed by atoms with E-state index in [4.69, 9.17) is 25.9 Å². The molecule has 3 aromatic rings. The van der Waals surface area contributed by atoms with E-state index >= 15 is 0 Å². The second-order valence-corrected chi connectivity index (χ2v) is 10.4. The number of nitrogens with two attached hydrogens (primary N) is 1. The lowest BCUT2D eigenvalue weighted by Crippen LogP contribution is -2.50. The van der Waals surface area contributed by atoms with E-state index in [2.05, 4.69) is 0 Å². The lowest BCUT2D eigenvalue weighted by molar-refractivity contribution is -0.138. The summed E-state index contributed by atoms with van der Waals surface area (Å²) in [6.07, 6.45) is 0.00955. The van der Waals surface area contributed by atoms with Crippen LogP contribution in [-0.4, -0.2) is 43.7 Å². The Morgan fingerprint density at radius 1 is 1.24 bits per heavy atom. The molecule has 0 spiro atoms. The van der Waals surface area contributed by atoms with Crippen LogP contribution in [0.1, 0.15) is 19.8 Å². The van der Waals surface area contributed by atoms with E-state index < -0.39 is 32.8 Å². The normalized spacial score (nSPS) is 17.5. The van der Waals surface area contributed by atoms with Crippen molar-refractivity contribution in [1.82, 2.24) is 4.90 Å². The molecule has 34 heavy (non-hydrogen) atoms. The molecule has 8 nitrogen and oxygen atoms in total. The third-order valence-electron chi connectivity index (χ3n) is 5.75. The first-order chi connectivity index (χ1) is 16.0. The zero-order valence-electron chi connectivity index (χ0n) is 18.2. The predicted molar refractivity (Wildman–Crippen MR) is 126 cm³/mol. The number of hydrogen-bond donors (Lipinski definition) is 1. The second-order valence-electron chi connectivity index (χ2n) is 8.16. The molecule has 2 aromatic carbocycles. The number of benzene rings is 2. The molecule has 1 saturated heterocycles.